The van der Waals surface area contributed by atoms with E-state index in [9.17, 15) is 14.9 Å². The van der Waals surface area contributed by atoms with Gasteiger partial charge < -0.3 is 4.42 Å². The molecule has 0 fully saturated rings. The first-order valence-corrected chi connectivity index (χ1v) is 5.70. The van der Waals surface area contributed by atoms with Crippen molar-refractivity contribution >= 4 is 17.8 Å². The molecule has 0 saturated heterocycles. The average Bonchev–Trinajstić information content (AvgIpc) is 2.92. The first kappa shape index (κ1) is 13.5. The van der Waals surface area contributed by atoms with E-state index in [-0.39, 0.29) is 11.3 Å². The van der Waals surface area contributed by atoms with E-state index in [1.54, 1.807) is 19.1 Å². The van der Waals surface area contributed by atoms with Crippen LogP contribution in [0.2, 0.25) is 0 Å². The highest BCUT2D eigenvalue weighted by Crippen LogP contribution is 2.19. The number of carbonyl (C=O) groups excluding carboxylic acids is 1. The lowest BCUT2D eigenvalue weighted by molar-refractivity contribution is -0.385. The van der Waals surface area contributed by atoms with Crippen LogP contribution in [0.15, 0.2) is 46.1 Å². The van der Waals surface area contributed by atoms with Gasteiger partial charge in [-0.15, -0.1) is 0 Å². The van der Waals surface area contributed by atoms with Gasteiger partial charge in [-0.2, -0.15) is 5.10 Å². The number of hydrazone groups is 1. The molecule has 0 atom stereocenters. The van der Waals surface area contributed by atoms with Crippen LogP contribution in [-0.2, 0) is 0 Å². The van der Waals surface area contributed by atoms with Crippen molar-refractivity contribution in [1.29, 1.82) is 0 Å². The van der Waals surface area contributed by atoms with E-state index in [4.69, 9.17) is 4.42 Å². The quantitative estimate of drug-likeness (QED) is 0.524. The maximum absolute atomic E-state index is 11.8. The largest absolute Gasteiger partial charge is 0.463 e. The monoisotopic (exact) mass is 273 g/mol. The number of rotatable bonds is 4. The fourth-order valence-corrected chi connectivity index (χ4v) is 1.53. The molecule has 0 aliphatic heterocycles. The van der Waals surface area contributed by atoms with Crippen molar-refractivity contribution in [2.45, 2.75) is 6.92 Å². The molecule has 0 radical (unpaired) electrons. The minimum absolute atomic E-state index is 0.104. The fraction of sp³-hybridized carbons (Fsp3) is 0.0769. The van der Waals surface area contributed by atoms with Gasteiger partial charge in [-0.25, -0.2) is 5.43 Å². The zero-order valence-electron chi connectivity index (χ0n) is 10.6. The van der Waals surface area contributed by atoms with Crippen LogP contribution < -0.4 is 5.43 Å². The summed E-state index contributed by atoms with van der Waals surface area (Å²) in [7, 11) is 0. The number of aryl methyl sites for hydroxylation is 1. The Kier molecular flexibility index (Phi) is 3.90. The Morgan fingerprint density at radius 2 is 2.25 bits per heavy atom. The summed E-state index contributed by atoms with van der Waals surface area (Å²) in [5, 5.41) is 14.5. The molecular weight excluding hydrogens is 262 g/mol. The maximum Gasteiger partial charge on any atom is 0.273 e. The highest BCUT2D eigenvalue weighted by Gasteiger charge is 2.14. The van der Waals surface area contributed by atoms with Gasteiger partial charge in [0.05, 0.1) is 17.4 Å². The van der Waals surface area contributed by atoms with Crippen LogP contribution in [-0.4, -0.2) is 17.0 Å². The summed E-state index contributed by atoms with van der Waals surface area (Å²) in [6, 6.07) is 7.59. The zero-order valence-corrected chi connectivity index (χ0v) is 10.6. The zero-order chi connectivity index (χ0) is 14.5. The van der Waals surface area contributed by atoms with E-state index in [0.717, 1.165) is 0 Å². The lowest BCUT2D eigenvalue weighted by Gasteiger charge is -2.01. The van der Waals surface area contributed by atoms with Gasteiger partial charge in [0.2, 0.25) is 0 Å². The van der Waals surface area contributed by atoms with Gasteiger partial charge in [0.1, 0.15) is 5.76 Å². The SMILES string of the molecule is Cc1ccc(C(=O)NN=Cc2ccco2)cc1[N+](=O)[O-]. The molecule has 0 saturated carbocycles. The molecule has 20 heavy (non-hydrogen) atoms. The van der Waals surface area contributed by atoms with Crippen molar-refractivity contribution in [3.05, 3.63) is 63.6 Å². The molecular formula is C13H11N3O4. The van der Waals surface area contributed by atoms with Gasteiger partial charge in [-0.1, -0.05) is 6.07 Å². The highest BCUT2D eigenvalue weighted by molar-refractivity contribution is 5.95. The Morgan fingerprint density at radius 3 is 2.90 bits per heavy atom. The van der Waals surface area contributed by atoms with Gasteiger partial charge in [-0.3, -0.25) is 14.9 Å². The highest BCUT2D eigenvalue weighted by atomic mass is 16.6. The summed E-state index contributed by atoms with van der Waals surface area (Å²) < 4.78 is 5.00. The second-order valence-corrected chi connectivity index (χ2v) is 3.97. The first-order chi connectivity index (χ1) is 9.58. The van der Waals surface area contributed by atoms with Crippen molar-refractivity contribution in [3.8, 4) is 0 Å². The molecule has 1 amide bonds. The Balaban J connectivity index is 2.09. The molecule has 0 spiro atoms. The number of carbonyl (C=O) groups is 1. The Labute approximate surface area is 114 Å². The summed E-state index contributed by atoms with van der Waals surface area (Å²) >= 11 is 0. The van der Waals surface area contributed by atoms with Crippen LogP contribution in [0.5, 0.6) is 0 Å². The summed E-state index contributed by atoms with van der Waals surface area (Å²) in [4.78, 5) is 22.0. The first-order valence-electron chi connectivity index (χ1n) is 5.70. The molecule has 0 unspecified atom stereocenters. The molecule has 2 rings (SSSR count). The third-order valence-electron chi connectivity index (χ3n) is 2.57. The van der Waals surface area contributed by atoms with Crippen molar-refractivity contribution in [2.24, 2.45) is 5.10 Å². The number of benzene rings is 1. The number of nitrogens with zero attached hydrogens (tertiary/aromatic N) is 2. The van der Waals surface area contributed by atoms with E-state index < -0.39 is 10.8 Å². The molecule has 1 aromatic carbocycles. The van der Waals surface area contributed by atoms with Gasteiger partial charge >= 0.3 is 0 Å². The second kappa shape index (κ2) is 5.79. The lowest BCUT2D eigenvalue weighted by Crippen LogP contribution is -2.17. The van der Waals surface area contributed by atoms with Crippen LogP contribution in [0.3, 0.4) is 0 Å². The Bertz CT molecular complexity index is 662. The van der Waals surface area contributed by atoms with Crippen molar-refractivity contribution in [2.75, 3.05) is 0 Å². The third kappa shape index (κ3) is 3.08. The number of furan rings is 1. The molecule has 0 bridgehead atoms. The van der Waals surface area contributed by atoms with E-state index in [2.05, 4.69) is 10.5 Å². The smallest absolute Gasteiger partial charge is 0.273 e. The number of hydrogen-bond acceptors (Lipinski definition) is 5. The predicted octanol–water partition coefficient (Wildman–Crippen LogP) is 2.26. The number of hydrogen-bond donors (Lipinski definition) is 1. The third-order valence-corrected chi connectivity index (χ3v) is 2.57. The lowest BCUT2D eigenvalue weighted by atomic mass is 10.1. The Hall–Kier alpha value is -2.96. The number of amides is 1. The fourth-order valence-electron chi connectivity index (χ4n) is 1.53. The van der Waals surface area contributed by atoms with Crippen LogP contribution in [0, 0.1) is 17.0 Å². The molecule has 2 aromatic rings. The van der Waals surface area contributed by atoms with Crippen molar-refractivity contribution < 1.29 is 14.1 Å². The van der Waals surface area contributed by atoms with Gasteiger partial charge in [0, 0.05) is 17.2 Å². The van der Waals surface area contributed by atoms with E-state index in [0.29, 0.717) is 11.3 Å². The van der Waals surface area contributed by atoms with E-state index >= 15 is 0 Å². The average molecular weight is 273 g/mol. The minimum atomic E-state index is -0.532. The van der Waals surface area contributed by atoms with Crippen LogP contribution in [0.1, 0.15) is 21.7 Å². The minimum Gasteiger partial charge on any atom is -0.463 e. The normalized spacial score (nSPS) is 10.7. The predicted molar refractivity (Wildman–Crippen MR) is 71.6 cm³/mol. The van der Waals surface area contributed by atoms with Crippen LogP contribution in [0.4, 0.5) is 5.69 Å². The summed E-state index contributed by atoms with van der Waals surface area (Å²) in [6.07, 6.45) is 2.81. The van der Waals surface area contributed by atoms with Gasteiger partial charge in [0.25, 0.3) is 11.6 Å². The molecule has 0 aliphatic rings. The molecule has 102 valence electrons. The molecule has 0 aliphatic carbocycles. The van der Waals surface area contributed by atoms with E-state index in [1.165, 1.54) is 30.7 Å². The molecule has 1 heterocycles. The summed E-state index contributed by atoms with van der Waals surface area (Å²) in [5.41, 5.74) is 2.82. The number of nitro groups is 1. The standard InChI is InChI=1S/C13H11N3O4/c1-9-4-5-10(7-12(9)16(18)19)13(17)15-14-8-11-3-2-6-20-11/h2-8H,1H3,(H,15,17). The molecule has 1 aromatic heterocycles. The number of nitro benzene ring substituents is 1. The van der Waals surface area contributed by atoms with Gasteiger partial charge in [-0.05, 0) is 25.1 Å². The summed E-state index contributed by atoms with van der Waals surface area (Å²) in [5.74, 6) is -0.0453. The molecule has 7 heteroatoms. The molecule has 7 nitrogen and oxygen atoms in total. The second-order valence-electron chi connectivity index (χ2n) is 3.97. The van der Waals surface area contributed by atoms with Crippen molar-refractivity contribution in [1.82, 2.24) is 5.43 Å². The maximum atomic E-state index is 11.8. The van der Waals surface area contributed by atoms with E-state index in [1.807, 2.05) is 0 Å². The number of nitrogens with one attached hydrogen (secondary N) is 1. The van der Waals surface area contributed by atoms with Gasteiger partial charge in [0.15, 0.2) is 0 Å². The molecule has 1 N–H and O–H groups in total. The van der Waals surface area contributed by atoms with Crippen molar-refractivity contribution in [3.63, 3.8) is 0 Å². The topological polar surface area (TPSA) is 97.7 Å². The summed E-state index contributed by atoms with van der Waals surface area (Å²) in [6.45, 7) is 1.61. The van der Waals surface area contributed by atoms with Crippen LogP contribution >= 0.6 is 0 Å². The van der Waals surface area contributed by atoms with Crippen LogP contribution in [0.25, 0.3) is 0 Å². The Morgan fingerprint density at radius 1 is 1.45 bits per heavy atom.